The fraction of sp³-hybridized carbons (Fsp3) is 0.154. The van der Waals surface area contributed by atoms with Gasteiger partial charge in [-0.15, -0.1) is 5.10 Å². The number of nitrogens with zero attached hydrogens (tertiary/aromatic N) is 4. The van der Waals surface area contributed by atoms with E-state index in [1.54, 1.807) is 6.20 Å². The lowest BCUT2D eigenvalue weighted by Gasteiger charge is -2.04. The molecule has 90 valence electrons. The molecule has 3 rings (SSSR count). The molecule has 5 heteroatoms. The Kier molecular flexibility index (Phi) is 2.74. The molecule has 3 aromatic rings. The number of benzene rings is 1. The van der Waals surface area contributed by atoms with Crippen LogP contribution in [0.15, 0.2) is 42.7 Å². The summed E-state index contributed by atoms with van der Waals surface area (Å²) in [6.07, 6.45) is 3.64. The average molecular weight is 239 g/mol. The second kappa shape index (κ2) is 4.54. The van der Waals surface area contributed by atoms with Gasteiger partial charge in [0.25, 0.3) is 0 Å². The molecule has 1 aromatic carbocycles. The first-order valence-corrected chi connectivity index (χ1v) is 5.78. The summed E-state index contributed by atoms with van der Waals surface area (Å²) in [4.78, 5) is 4.24. The number of hydrogen-bond acceptors (Lipinski definition) is 4. The molecule has 0 aliphatic rings. The number of pyridine rings is 1. The van der Waals surface area contributed by atoms with Gasteiger partial charge < -0.3 is 5.32 Å². The van der Waals surface area contributed by atoms with Crippen LogP contribution in [0.25, 0.3) is 16.7 Å². The van der Waals surface area contributed by atoms with Crippen molar-refractivity contribution in [3.8, 4) is 5.69 Å². The van der Waals surface area contributed by atoms with Gasteiger partial charge in [-0.05, 0) is 30.8 Å². The van der Waals surface area contributed by atoms with Crippen LogP contribution in [0.2, 0.25) is 0 Å². The third-order valence-corrected chi connectivity index (χ3v) is 2.76. The van der Waals surface area contributed by atoms with E-state index in [0.29, 0.717) is 0 Å². The molecule has 0 fully saturated rings. The fourth-order valence-corrected chi connectivity index (χ4v) is 1.95. The highest BCUT2D eigenvalue weighted by Gasteiger charge is 2.06. The first-order chi connectivity index (χ1) is 8.88. The Morgan fingerprint density at radius 1 is 1.22 bits per heavy atom. The predicted molar refractivity (Wildman–Crippen MR) is 69.4 cm³/mol. The van der Waals surface area contributed by atoms with E-state index in [1.807, 2.05) is 42.2 Å². The zero-order valence-electron chi connectivity index (χ0n) is 10.0. The molecule has 0 bridgehead atoms. The van der Waals surface area contributed by atoms with Crippen molar-refractivity contribution in [3.05, 3.63) is 48.3 Å². The van der Waals surface area contributed by atoms with Crippen LogP contribution in [0.3, 0.4) is 0 Å². The number of para-hydroxylation sites is 1. The quantitative estimate of drug-likeness (QED) is 0.753. The van der Waals surface area contributed by atoms with Crippen molar-refractivity contribution in [1.82, 2.24) is 25.3 Å². The highest BCUT2D eigenvalue weighted by molar-refractivity contribution is 5.75. The van der Waals surface area contributed by atoms with E-state index in [0.717, 1.165) is 28.8 Å². The SMILES string of the molecule is CNCc1cncc(-n2nnc3ccccc32)c1. The Hall–Kier alpha value is -2.27. The first-order valence-electron chi connectivity index (χ1n) is 5.78. The van der Waals surface area contributed by atoms with Gasteiger partial charge in [-0.1, -0.05) is 17.3 Å². The van der Waals surface area contributed by atoms with Crippen molar-refractivity contribution in [2.24, 2.45) is 0 Å². The highest BCUT2D eigenvalue weighted by atomic mass is 15.4. The smallest absolute Gasteiger partial charge is 0.113 e. The monoisotopic (exact) mass is 239 g/mol. The van der Waals surface area contributed by atoms with Crippen LogP contribution in [0.5, 0.6) is 0 Å². The van der Waals surface area contributed by atoms with E-state index in [9.17, 15) is 0 Å². The Morgan fingerprint density at radius 3 is 3.00 bits per heavy atom. The molecule has 0 saturated carbocycles. The van der Waals surface area contributed by atoms with E-state index in [1.165, 1.54) is 0 Å². The minimum absolute atomic E-state index is 0.785. The lowest BCUT2D eigenvalue weighted by molar-refractivity contribution is 0.794. The third-order valence-electron chi connectivity index (χ3n) is 2.76. The number of rotatable bonds is 3. The van der Waals surface area contributed by atoms with E-state index >= 15 is 0 Å². The first kappa shape index (κ1) is 10.9. The molecule has 0 radical (unpaired) electrons. The molecule has 18 heavy (non-hydrogen) atoms. The second-order valence-corrected chi connectivity index (χ2v) is 4.07. The van der Waals surface area contributed by atoms with Gasteiger partial charge in [0.15, 0.2) is 0 Å². The fourth-order valence-electron chi connectivity index (χ4n) is 1.95. The predicted octanol–water partition coefficient (Wildman–Crippen LogP) is 1.53. The standard InChI is InChI=1S/C13H13N5/c1-14-7-10-6-11(9-15-8-10)18-13-5-3-2-4-12(13)16-17-18/h2-6,8-9,14H,7H2,1H3. The van der Waals surface area contributed by atoms with Crippen molar-refractivity contribution in [2.75, 3.05) is 7.05 Å². The summed E-state index contributed by atoms with van der Waals surface area (Å²) in [7, 11) is 1.91. The second-order valence-electron chi connectivity index (χ2n) is 4.07. The maximum atomic E-state index is 4.24. The van der Waals surface area contributed by atoms with Crippen LogP contribution in [-0.2, 0) is 6.54 Å². The van der Waals surface area contributed by atoms with Crippen LogP contribution in [0.1, 0.15) is 5.56 Å². The molecule has 0 atom stereocenters. The zero-order chi connectivity index (χ0) is 12.4. The topological polar surface area (TPSA) is 55.6 Å². The van der Waals surface area contributed by atoms with Gasteiger partial charge in [0.05, 0.1) is 17.4 Å². The normalized spacial score (nSPS) is 10.9. The largest absolute Gasteiger partial charge is 0.316 e. The van der Waals surface area contributed by atoms with Gasteiger partial charge in [0.1, 0.15) is 5.52 Å². The molecule has 0 saturated heterocycles. The van der Waals surface area contributed by atoms with Crippen LogP contribution >= 0.6 is 0 Å². The minimum atomic E-state index is 0.785. The molecule has 5 nitrogen and oxygen atoms in total. The minimum Gasteiger partial charge on any atom is -0.316 e. The summed E-state index contributed by atoms with van der Waals surface area (Å²) in [6.45, 7) is 0.785. The van der Waals surface area contributed by atoms with Gasteiger partial charge in [-0.3, -0.25) is 4.98 Å². The van der Waals surface area contributed by atoms with Gasteiger partial charge >= 0.3 is 0 Å². The van der Waals surface area contributed by atoms with Crippen LogP contribution in [0.4, 0.5) is 0 Å². The van der Waals surface area contributed by atoms with Gasteiger partial charge in [-0.25, -0.2) is 4.68 Å². The van der Waals surface area contributed by atoms with E-state index < -0.39 is 0 Å². The summed E-state index contributed by atoms with van der Waals surface area (Å²) >= 11 is 0. The molecule has 0 aliphatic heterocycles. The van der Waals surface area contributed by atoms with E-state index in [4.69, 9.17) is 0 Å². The molecular formula is C13H13N5. The van der Waals surface area contributed by atoms with Gasteiger partial charge in [0.2, 0.25) is 0 Å². The van der Waals surface area contributed by atoms with E-state index in [-0.39, 0.29) is 0 Å². The Morgan fingerprint density at radius 2 is 2.11 bits per heavy atom. The average Bonchev–Trinajstić information content (AvgIpc) is 2.83. The van der Waals surface area contributed by atoms with Crippen LogP contribution < -0.4 is 5.32 Å². The molecule has 0 spiro atoms. The summed E-state index contributed by atoms with van der Waals surface area (Å²) < 4.78 is 1.81. The zero-order valence-corrected chi connectivity index (χ0v) is 10.0. The Labute approximate surface area is 104 Å². The molecule has 1 N–H and O–H groups in total. The van der Waals surface area contributed by atoms with Crippen LogP contribution in [-0.4, -0.2) is 27.0 Å². The molecular weight excluding hydrogens is 226 g/mol. The summed E-state index contributed by atoms with van der Waals surface area (Å²) in [6, 6.07) is 9.94. The summed E-state index contributed by atoms with van der Waals surface area (Å²) in [5, 5.41) is 11.4. The van der Waals surface area contributed by atoms with Gasteiger partial charge in [-0.2, -0.15) is 0 Å². The van der Waals surface area contributed by atoms with Crippen molar-refractivity contribution in [2.45, 2.75) is 6.54 Å². The summed E-state index contributed by atoms with van der Waals surface area (Å²) in [5.41, 5.74) is 3.92. The molecule has 0 amide bonds. The van der Waals surface area contributed by atoms with Gasteiger partial charge in [0, 0.05) is 12.7 Å². The maximum absolute atomic E-state index is 4.24. The summed E-state index contributed by atoms with van der Waals surface area (Å²) in [5.74, 6) is 0. The van der Waals surface area contributed by atoms with Crippen molar-refractivity contribution >= 4 is 11.0 Å². The third kappa shape index (κ3) is 1.84. The molecule has 0 unspecified atom stereocenters. The number of fused-ring (bicyclic) bond motifs is 1. The Bertz CT molecular complexity index is 674. The van der Waals surface area contributed by atoms with Crippen molar-refractivity contribution in [1.29, 1.82) is 0 Å². The van der Waals surface area contributed by atoms with Crippen LogP contribution in [0, 0.1) is 0 Å². The number of nitrogens with one attached hydrogen (secondary N) is 1. The van der Waals surface area contributed by atoms with E-state index in [2.05, 4.69) is 26.7 Å². The Balaban J connectivity index is 2.11. The molecule has 0 aliphatic carbocycles. The number of hydrogen-bond donors (Lipinski definition) is 1. The maximum Gasteiger partial charge on any atom is 0.113 e. The molecule has 2 heterocycles. The molecule has 2 aromatic heterocycles. The van der Waals surface area contributed by atoms with Crippen molar-refractivity contribution in [3.63, 3.8) is 0 Å². The lowest BCUT2D eigenvalue weighted by atomic mass is 10.2. The lowest BCUT2D eigenvalue weighted by Crippen LogP contribution is -2.06. The highest BCUT2D eigenvalue weighted by Crippen LogP contribution is 2.15. The number of aromatic nitrogens is 4. The van der Waals surface area contributed by atoms with Crippen molar-refractivity contribution < 1.29 is 0 Å².